The lowest BCUT2D eigenvalue weighted by Gasteiger charge is -2.16. The van der Waals surface area contributed by atoms with Gasteiger partial charge in [-0.2, -0.15) is 0 Å². The maximum atomic E-state index is 6.06. The van der Waals surface area contributed by atoms with Gasteiger partial charge < -0.3 is 9.47 Å². The Kier molecular flexibility index (Phi) is 6.35. The van der Waals surface area contributed by atoms with Crippen LogP contribution in [-0.4, -0.2) is 12.1 Å². The highest BCUT2D eigenvalue weighted by molar-refractivity contribution is 5.69. The third-order valence-corrected chi connectivity index (χ3v) is 5.15. The molecular weight excluding hydrogens is 346 g/mol. The monoisotopic (exact) mass is 375 g/mol. The molecule has 146 valence electrons. The molecule has 0 unspecified atom stereocenters. The van der Waals surface area contributed by atoms with Crippen LogP contribution in [0.25, 0.3) is 11.3 Å². The molecule has 0 fully saturated rings. The normalized spacial score (nSPS) is 10.8. The Labute approximate surface area is 168 Å². The lowest BCUT2D eigenvalue weighted by molar-refractivity contribution is 0.294. The third kappa shape index (κ3) is 4.19. The number of rotatable bonds is 7. The van der Waals surface area contributed by atoms with Crippen molar-refractivity contribution in [1.29, 1.82) is 0 Å². The SMILES string of the molecule is CCc1cccc(CC)c1-c1cc(OC)c(COc2cc(C)ccc2C)cn1. The van der Waals surface area contributed by atoms with Crippen LogP contribution >= 0.6 is 0 Å². The van der Waals surface area contributed by atoms with Crippen molar-refractivity contribution in [3.63, 3.8) is 0 Å². The second-order valence-corrected chi connectivity index (χ2v) is 7.10. The van der Waals surface area contributed by atoms with Crippen LogP contribution in [0.3, 0.4) is 0 Å². The Hall–Kier alpha value is -2.81. The van der Waals surface area contributed by atoms with Gasteiger partial charge >= 0.3 is 0 Å². The highest BCUT2D eigenvalue weighted by Crippen LogP contribution is 2.32. The van der Waals surface area contributed by atoms with Gasteiger partial charge in [-0.05, 0) is 55.0 Å². The minimum atomic E-state index is 0.427. The Morgan fingerprint density at radius 3 is 2.21 bits per heavy atom. The van der Waals surface area contributed by atoms with Gasteiger partial charge in [-0.15, -0.1) is 0 Å². The number of aromatic nitrogens is 1. The highest BCUT2D eigenvalue weighted by atomic mass is 16.5. The number of benzene rings is 2. The quantitative estimate of drug-likeness (QED) is 0.502. The molecule has 0 atom stereocenters. The lowest BCUT2D eigenvalue weighted by atomic mass is 9.94. The number of methoxy groups -OCH3 is 1. The summed E-state index contributed by atoms with van der Waals surface area (Å²) in [6.07, 6.45) is 3.83. The van der Waals surface area contributed by atoms with Crippen molar-refractivity contribution in [2.75, 3.05) is 7.11 Å². The second kappa shape index (κ2) is 8.92. The molecule has 0 spiro atoms. The largest absolute Gasteiger partial charge is 0.496 e. The molecule has 0 radical (unpaired) electrons. The molecule has 0 N–H and O–H groups in total. The molecule has 1 heterocycles. The predicted octanol–water partition coefficient (Wildman–Crippen LogP) is 6.08. The first-order chi connectivity index (χ1) is 13.6. The minimum absolute atomic E-state index is 0.427. The van der Waals surface area contributed by atoms with Gasteiger partial charge in [-0.1, -0.05) is 44.2 Å². The van der Waals surface area contributed by atoms with E-state index in [4.69, 9.17) is 14.5 Å². The van der Waals surface area contributed by atoms with Crippen molar-refractivity contribution in [3.05, 3.63) is 76.5 Å². The fourth-order valence-corrected chi connectivity index (χ4v) is 3.49. The van der Waals surface area contributed by atoms with Gasteiger partial charge in [-0.3, -0.25) is 4.98 Å². The fraction of sp³-hybridized carbons (Fsp3) is 0.320. The van der Waals surface area contributed by atoms with E-state index in [2.05, 4.69) is 64.1 Å². The number of ether oxygens (including phenoxy) is 2. The number of hydrogen-bond donors (Lipinski definition) is 0. The summed E-state index contributed by atoms with van der Waals surface area (Å²) in [7, 11) is 1.70. The zero-order chi connectivity index (χ0) is 20.1. The van der Waals surface area contributed by atoms with E-state index in [1.165, 1.54) is 22.3 Å². The molecule has 0 saturated heterocycles. The topological polar surface area (TPSA) is 31.4 Å². The number of aryl methyl sites for hydroxylation is 4. The summed E-state index contributed by atoms with van der Waals surface area (Å²) in [6, 6.07) is 14.8. The Balaban J connectivity index is 1.92. The number of hydrogen-bond acceptors (Lipinski definition) is 3. The Bertz CT molecular complexity index is 941. The van der Waals surface area contributed by atoms with Gasteiger partial charge in [-0.25, -0.2) is 0 Å². The molecule has 3 nitrogen and oxygen atoms in total. The van der Waals surface area contributed by atoms with Crippen LogP contribution in [0.2, 0.25) is 0 Å². The Morgan fingerprint density at radius 2 is 1.57 bits per heavy atom. The van der Waals surface area contributed by atoms with Gasteiger partial charge in [0.1, 0.15) is 18.1 Å². The first kappa shape index (κ1) is 19.9. The van der Waals surface area contributed by atoms with Gasteiger partial charge in [0.25, 0.3) is 0 Å². The van der Waals surface area contributed by atoms with Crippen molar-refractivity contribution in [1.82, 2.24) is 4.98 Å². The molecular formula is C25H29NO2. The van der Waals surface area contributed by atoms with Crippen LogP contribution in [0.4, 0.5) is 0 Å². The maximum Gasteiger partial charge on any atom is 0.129 e. The summed E-state index contributed by atoms with van der Waals surface area (Å²) in [4.78, 5) is 4.77. The molecule has 0 aliphatic rings. The molecule has 1 aromatic heterocycles. The summed E-state index contributed by atoms with van der Waals surface area (Å²) >= 11 is 0. The van der Waals surface area contributed by atoms with E-state index in [1.54, 1.807) is 7.11 Å². The van der Waals surface area contributed by atoms with Crippen LogP contribution in [0, 0.1) is 13.8 Å². The molecule has 0 saturated carbocycles. The number of nitrogens with zero attached hydrogens (tertiary/aromatic N) is 1. The molecule has 3 aromatic rings. The number of pyridine rings is 1. The van der Waals surface area contributed by atoms with Crippen molar-refractivity contribution in [2.45, 2.75) is 47.1 Å². The molecule has 0 bridgehead atoms. The van der Waals surface area contributed by atoms with Gasteiger partial charge in [0, 0.05) is 23.4 Å². The van der Waals surface area contributed by atoms with Crippen molar-refractivity contribution >= 4 is 0 Å². The molecule has 3 heteroatoms. The lowest BCUT2D eigenvalue weighted by Crippen LogP contribution is -2.03. The second-order valence-electron chi connectivity index (χ2n) is 7.10. The summed E-state index contributed by atoms with van der Waals surface area (Å²) in [6.45, 7) is 8.92. The molecule has 0 aliphatic carbocycles. The molecule has 28 heavy (non-hydrogen) atoms. The van der Waals surface area contributed by atoms with E-state index in [0.717, 1.165) is 41.2 Å². The summed E-state index contributed by atoms with van der Waals surface area (Å²) in [5.74, 6) is 1.71. The van der Waals surface area contributed by atoms with E-state index >= 15 is 0 Å². The molecule has 0 aliphatic heterocycles. The van der Waals surface area contributed by atoms with Crippen LogP contribution in [0.5, 0.6) is 11.5 Å². The van der Waals surface area contributed by atoms with Crippen molar-refractivity contribution < 1.29 is 9.47 Å². The van der Waals surface area contributed by atoms with Crippen LogP contribution in [0.15, 0.2) is 48.7 Å². The zero-order valence-corrected chi connectivity index (χ0v) is 17.5. The van der Waals surface area contributed by atoms with Crippen LogP contribution in [-0.2, 0) is 19.4 Å². The summed E-state index contributed by atoms with van der Waals surface area (Å²) < 4.78 is 11.7. The van der Waals surface area contributed by atoms with Gasteiger partial charge in [0.15, 0.2) is 0 Å². The summed E-state index contributed by atoms with van der Waals surface area (Å²) in [5, 5.41) is 0. The van der Waals surface area contributed by atoms with E-state index in [-0.39, 0.29) is 0 Å². The molecule has 0 amide bonds. The molecule has 2 aromatic carbocycles. The van der Waals surface area contributed by atoms with Crippen molar-refractivity contribution in [3.8, 4) is 22.8 Å². The standard InChI is InChI=1S/C25H29NO2/c1-6-19-9-8-10-20(7-2)25(19)22-14-24(27-5)21(15-26-22)16-28-23-13-17(3)11-12-18(23)4/h8-15H,6-7,16H2,1-5H3. The average Bonchev–Trinajstić information content (AvgIpc) is 2.73. The highest BCUT2D eigenvalue weighted by Gasteiger charge is 2.14. The first-order valence-corrected chi connectivity index (χ1v) is 9.91. The fourth-order valence-electron chi connectivity index (χ4n) is 3.49. The van der Waals surface area contributed by atoms with Crippen LogP contribution < -0.4 is 9.47 Å². The van der Waals surface area contributed by atoms with E-state index in [1.807, 2.05) is 12.3 Å². The van der Waals surface area contributed by atoms with E-state index in [0.29, 0.717) is 6.61 Å². The van der Waals surface area contributed by atoms with Crippen molar-refractivity contribution in [2.24, 2.45) is 0 Å². The van der Waals surface area contributed by atoms with Crippen LogP contribution in [0.1, 0.15) is 41.7 Å². The maximum absolute atomic E-state index is 6.06. The zero-order valence-electron chi connectivity index (χ0n) is 17.5. The van der Waals surface area contributed by atoms with Gasteiger partial charge in [0.2, 0.25) is 0 Å². The molecule has 3 rings (SSSR count). The smallest absolute Gasteiger partial charge is 0.129 e. The predicted molar refractivity (Wildman–Crippen MR) is 115 cm³/mol. The Morgan fingerprint density at radius 1 is 0.857 bits per heavy atom. The average molecular weight is 376 g/mol. The first-order valence-electron chi connectivity index (χ1n) is 9.91. The minimum Gasteiger partial charge on any atom is -0.496 e. The van der Waals surface area contributed by atoms with Gasteiger partial charge in [0.05, 0.1) is 12.8 Å². The van der Waals surface area contributed by atoms with E-state index in [9.17, 15) is 0 Å². The third-order valence-electron chi connectivity index (χ3n) is 5.15. The summed E-state index contributed by atoms with van der Waals surface area (Å²) in [5.41, 5.74) is 8.07. The van der Waals surface area contributed by atoms with E-state index < -0.39 is 0 Å².